The average Bonchev–Trinajstić information content (AvgIpc) is 2.51. The number of carbonyl (C=O) groups excluding carboxylic acids is 2. The van der Waals surface area contributed by atoms with Gasteiger partial charge in [0.05, 0.1) is 0 Å². The van der Waals surface area contributed by atoms with Gasteiger partial charge < -0.3 is 22.8 Å². The molecule has 1 atom stereocenters. The Labute approximate surface area is 125 Å². The maximum atomic E-state index is 11.7. The average molecular weight is 318 g/mol. The van der Waals surface area contributed by atoms with Gasteiger partial charge in [0.25, 0.3) is 0 Å². The Morgan fingerprint density at radius 3 is 2.05 bits per heavy atom. The van der Waals surface area contributed by atoms with E-state index >= 15 is 0 Å². The van der Waals surface area contributed by atoms with E-state index in [1.54, 1.807) is 6.92 Å². The Hall–Kier alpha value is -1.48. The van der Waals surface area contributed by atoms with Gasteiger partial charge in [-0.2, -0.15) is 0 Å². The number of ether oxygens (including phenoxy) is 2. The quantitative estimate of drug-likeness (QED) is 0.257. The molecule has 0 aromatic rings. The second kappa shape index (κ2) is 10.3. The molecule has 0 rings (SSSR count). The van der Waals surface area contributed by atoms with Gasteiger partial charge in [0.1, 0.15) is 6.61 Å². The number of rotatable bonds is 10. The van der Waals surface area contributed by atoms with E-state index in [9.17, 15) is 9.59 Å². The molecule has 0 aliphatic heterocycles. The maximum Gasteiger partial charge on any atom is 0.543 e. The number of esters is 2. The van der Waals surface area contributed by atoms with Crippen LogP contribution in [0.1, 0.15) is 13.3 Å². The standard InChI is InChI=1S/C13H22O7Si/c1-6-10-19-11(14)8-9-12(15)20-13(7-2)21(16-3,17-4)18-5/h6,8-9,13H,1,7,10H2,2-5H3. The molecule has 0 aromatic carbocycles. The topological polar surface area (TPSA) is 80.3 Å². The SMILES string of the molecule is C=CCOC(=O)C=CC(=O)OC(CC)[Si](OC)(OC)OC. The molecule has 8 heteroatoms. The highest BCUT2D eigenvalue weighted by Gasteiger charge is 2.49. The van der Waals surface area contributed by atoms with Crippen LogP contribution >= 0.6 is 0 Å². The van der Waals surface area contributed by atoms with E-state index in [1.165, 1.54) is 27.4 Å². The van der Waals surface area contributed by atoms with E-state index in [2.05, 4.69) is 11.3 Å². The molecule has 0 fully saturated rings. The minimum Gasteiger partial charge on any atom is -0.458 e. The van der Waals surface area contributed by atoms with Crippen LogP contribution in [-0.4, -0.2) is 54.4 Å². The summed E-state index contributed by atoms with van der Waals surface area (Å²) in [6.07, 6.45) is 3.83. The fraction of sp³-hybridized carbons (Fsp3) is 0.538. The summed E-state index contributed by atoms with van der Waals surface area (Å²) in [5.41, 5.74) is -0.668. The van der Waals surface area contributed by atoms with Crippen molar-refractivity contribution < 1.29 is 32.3 Å². The highest BCUT2D eigenvalue weighted by molar-refractivity contribution is 6.62. The monoisotopic (exact) mass is 318 g/mol. The van der Waals surface area contributed by atoms with Crippen molar-refractivity contribution in [1.29, 1.82) is 0 Å². The summed E-state index contributed by atoms with van der Waals surface area (Å²) < 4.78 is 25.7. The van der Waals surface area contributed by atoms with Crippen LogP contribution in [0.25, 0.3) is 0 Å². The molecule has 120 valence electrons. The molecule has 0 saturated carbocycles. The van der Waals surface area contributed by atoms with Crippen LogP contribution in [0.15, 0.2) is 24.8 Å². The van der Waals surface area contributed by atoms with Crippen LogP contribution in [0.5, 0.6) is 0 Å². The van der Waals surface area contributed by atoms with Crippen LogP contribution in [-0.2, 0) is 32.3 Å². The van der Waals surface area contributed by atoms with Gasteiger partial charge in [-0.25, -0.2) is 9.59 Å². The number of carbonyl (C=O) groups is 2. The first-order valence-corrected chi connectivity index (χ1v) is 8.11. The summed E-state index contributed by atoms with van der Waals surface area (Å²) in [5.74, 6) is -1.37. The summed E-state index contributed by atoms with van der Waals surface area (Å²) >= 11 is 0. The third-order valence-electron chi connectivity index (χ3n) is 2.58. The molecule has 0 spiro atoms. The lowest BCUT2D eigenvalue weighted by Crippen LogP contribution is -2.55. The molecule has 21 heavy (non-hydrogen) atoms. The summed E-state index contributed by atoms with van der Waals surface area (Å²) in [4.78, 5) is 22.9. The Morgan fingerprint density at radius 1 is 1.10 bits per heavy atom. The van der Waals surface area contributed by atoms with Gasteiger partial charge >= 0.3 is 20.7 Å². The Balaban J connectivity index is 4.68. The van der Waals surface area contributed by atoms with Gasteiger partial charge in [-0.05, 0) is 6.42 Å². The van der Waals surface area contributed by atoms with Crippen molar-refractivity contribution in [2.24, 2.45) is 0 Å². The Morgan fingerprint density at radius 2 is 1.62 bits per heavy atom. The maximum absolute atomic E-state index is 11.7. The van der Waals surface area contributed by atoms with E-state index < -0.39 is 26.5 Å². The van der Waals surface area contributed by atoms with Crippen molar-refractivity contribution in [3.63, 3.8) is 0 Å². The minimum absolute atomic E-state index is 0.0723. The summed E-state index contributed by atoms with van der Waals surface area (Å²) in [7, 11) is 1.19. The molecule has 0 aromatic heterocycles. The molecule has 0 saturated heterocycles. The summed E-state index contributed by atoms with van der Waals surface area (Å²) in [5, 5.41) is 0. The van der Waals surface area contributed by atoms with E-state index in [0.29, 0.717) is 6.42 Å². The lowest BCUT2D eigenvalue weighted by molar-refractivity contribution is -0.143. The van der Waals surface area contributed by atoms with Crippen molar-refractivity contribution >= 4 is 20.7 Å². The van der Waals surface area contributed by atoms with Gasteiger partial charge in [-0.3, -0.25) is 0 Å². The van der Waals surface area contributed by atoms with Crippen LogP contribution < -0.4 is 0 Å². The van der Waals surface area contributed by atoms with E-state index in [4.69, 9.17) is 18.0 Å². The van der Waals surface area contributed by atoms with Crippen molar-refractivity contribution in [3.05, 3.63) is 24.8 Å². The normalized spacial score (nSPS) is 13.0. The first-order valence-electron chi connectivity index (χ1n) is 6.31. The third kappa shape index (κ3) is 6.21. The van der Waals surface area contributed by atoms with Gasteiger partial charge in [-0.15, -0.1) is 0 Å². The lowest BCUT2D eigenvalue weighted by Gasteiger charge is -2.30. The molecule has 0 aliphatic rings. The van der Waals surface area contributed by atoms with Gasteiger partial charge in [-0.1, -0.05) is 19.6 Å². The van der Waals surface area contributed by atoms with Crippen LogP contribution in [0.2, 0.25) is 0 Å². The first-order chi connectivity index (χ1) is 9.99. The molecule has 0 radical (unpaired) electrons. The van der Waals surface area contributed by atoms with Gasteiger partial charge in [0.2, 0.25) is 0 Å². The minimum atomic E-state index is -3.09. The number of hydrogen-bond acceptors (Lipinski definition) is 7. The molecular formula is C13H22O7Si. The predicted molar refractivity (Wildman–Crippen MR) is 77.2 cm³/mol. The Bertz CT molecular complexity index is 368. The molecule has 0 N–H and O–H groups in total. The molecule has 7 nitrogen and oxygen atoms in total. The fourth-order valence-electron chi connectivity index (χ4n) is 1.55. The first kappa shape index (κ1) is 19.5. The molecule has 0 heterocycles. The van der Waals surface area contributed by atoms with Crippen molar-refractivity contribution in [2.75, 3.05) is 27.9 Å². The molecule has 1 unspecified atom stereocenters. The lowest BCUT2D eigenvalue weighted by atomic mass is 10.5. The molecular weight excluding hydrogens is 296 g/mol. The summed E-state index contributed by atoms with van der Waals surface area (Å²) in [6, 6.07) is 0. The summed E-state index contributed by atoms with van der Waals surface area (Å²) in [6.45, 7) is 5.28. The molecule has 0 aliphatic carbocycles. The van der Waals surface area contributed by atoms with Crippen LogP contribution in [0.4, 0.5) is 0 Å². The third-order valence-corrected chi connectivity index (χ3v) is 5.60. The highest BCUT2D eigenvalue weighted by atomic mass is 28.4. The van der Waals surface area contributed by atoms with Gasteiger partial charge in [0, 0.05) is 33.5 Å². The highest BCUT2D eigenvalue weighted by Crippen LogP contribution is 2.18. The predicted octanol–water partition coefficient (Wildman–Crippen LogP) is 1.01. The van der Waals surface area contributed by atoms with E-state index in [1.807, 2.05) is 0 Å². The second-order valence-electron chi connectivity index (χ2n) is 3.80. The Kier molecular flexibility index (Phi) is 9.55. The largest absolute Gasteiger partial charge is 0.543 e. The van der Waals surface area contributed by atoms with Crippen molar-refractivity contribution in [2.45, 2.75) is 19.1 Å². The van der Waals surface area contributed by atoms with Crippen LogP contribution in [0, 0.1) is 0 Å². The zero-order chi connectivity index (χ0) is 16.3. The van der Waals surface area contributed by atoms with Crippen molar-refractivity contribution in [3.8, 4) is 0 Å². The van der Waals surface area contributed by atoms with Gasteiger partial charge in [0.15, 0.2) is 5.73 Å². The smallest absolute Gasteiger partial charge is 0.458 e. The second-order valence-corrected chi connectivity index (χ2v) is 6.88. The zero-order valence-corrected chi connectivity index (χ0v) is 13.8. The van der Waals surface area contributed by atoms with E-state index in [0.717, 1.165) is 12.2 Å². The molecule has 0 bridgehead atoms. The number of hydrogen-bond donors (Lipinski definition) is 0. The van der Waals surface area contributed by atoms with Crippen LogP contribution in [0.3, 0.4) is 0 Å². The zero-order valence-electron chi connectivity index (χ0n) is 12.8. The fourth-order valence-corrected chi connectivity index (χ4v) is 3.60. The molecule has 0 amide bonds. The van der Waals surface area contributed by atoms with E-state index in [-0.39, 0.29) is 6.61 Å². The van der Waals surface area contributed by atoms with Crippen molar-refractivity contribution in [1.82, 2.24) is 0 Å².